The quantitative estimate of drug-likeness (QED) is 0.868. The van der Waals surface area contributed by atoms with Crippen LogP contribution in [0, 0.1) is 0 Å². The van der Waals surface area contributed by atoms with Crippen molar-refractivity contribution in [2.75, 3.05) is 5.32 Å². The molecule has 3 N–H and O–H groups in total. The van der Waals surface area contributed by atoms with Crippen molar-refractivity contribution in [1.82, 2.24) is 15.0 Å². The molecule has 0 radical (unpaired) electrons. The average Bonchev–Trinajstić information content (AvgIpc) is 3.01. The Morgan fingerprint density at radius 2 is 2.05 bits per heavy atom. The van der Waals surface area contributed by atoms with E-state index in [1.54, 1.807) is 17.1 Å². The van der Waals surface area contributed by atoms with Crippen molar-refractivity contribution >= 4 is 11.6 Å². The Labute approximate surface area is 118 Å². The van der Waals surface area contributed by atoms with Crippen molar-refractivity contribution in [1.29, 1.82) is 0 Å². The Hall–Kier alpha value is -2.21. The van der Waals surface area contributed by atoms with E-state index in [4.69, 9.17) is 5.73 Å². The summed E-state index contributed by atoms with van der Waals surface area (Å²) in [5, 5.41) is 10.6. The summed E-state index contributed by atoms with van der Waals surface area (Å²) in [5.74, 6) is -0.185. The summed E-state index contributed by atoms with van der Waals surface area (Å²) >= 11 is 0. The molecule has 0 saturated heterocycles. The maximum atomic E-state index is 12.3. The summed E-state index contributed by atoms with van der Waals surface area (Å²) in [6.07, 6.45) is 4.48. The lowest BCUT2D eigenvalue weighted by Gasteiger charge is -2.25. The van der Waals surface area contributed by atoms with Gasteiger partial charge in [-0.15, -0.1) is 5.10 Å². The van der Waals surface area contributed by atoms with Crippen LogP contribution in [0.25, 0.3) is 5.69 Å². The van der Waals surface area contributed by atoms with Crippen LogP contribution < -0.4 is 11.1 Å². The van der Waals surface area contributed by atoms with E-state index >= 15 is 0 Å². The first-order valence-electron chi connectivity index (χ1n) is 6.66. The molecule has 6 heteroatoms. The summed E-state index contributed by atoms with van der Waals surface area (Å²) < 4.78 is 1.60. The van der Waals surface area contributed by atoms with Gasteiger partial charge < -0.3 is 11.1 Å². The van der Waals surface area contributed by atoms with E-state index in [9.17, 15) is 4.79 Å². The SMILES string of the molecule is CCC(N)(CC)C(=O)Nc1ccccc1-n1ccnn1. The Balaban J connectivity index is 2.29. The predicted molar refractivity (Wildman–Crippen MR) is 77.5 cm³/mol. The Morgan fingerprint density at radius 1 is 1.35 bits per heavy atom. The number of hydrogen-bond donors (Lipinski definition) is 2. The molecule has 2 aromatic rings. The molecule has 0 aliphatic rings. The molecule has 0 saturated carbocycles. The summed E-state index contributed by atoms with van der Waals surface area (Å²) in [6, 6.07) is 7.41. The molecule has 0 atom stereocenters. The number of nitrogens with one attached hydrogen (secondary N) is 1. The van der Waals surface area contributed by atoms with E-state index in [1.807, 2.05) is 38.1 Å². The highest BCUT2D eigenvalue weighted by molar-refractivity contribution is 5.99. The van der Waals surface area contributed by atoms with E-state index in [0.29, 0.717) is 18.5 Å². The molecule has 0 unspecified atom stereocenters. The lowest BCUT2D eigenvalue weighted by Crippen LogP contribution is -2.50. The van der Waals surface area contributed by atoms with E-state index in [0.717, 1.165) is 5.69 Å². The summed E-state index contributed by atoms with van der Waals surface area (Å²) in [6.45, 7) is 3.82. The average molecular weight is 273 g/mol. The first-order valence-corrected chi connectivity index (χ1v) is 6.66. The van der Waals surface area contributed by atoms with E-state index < -0.39 is 5.54 Å². The van der Waals surface area contributed by atoms with Crippen LogP contribution in [0.2, 0.25) is 0 Å². The van der Waals surface area contributed by atoms with Crippen LogP contribution in [0.5, 0.6) is 0 Å². The number of para-hydroxylation sites is 2. The minimum atomic E-state index is -0.852. The smallest absolute Gasteiger partial charge is 0.244 e. The van der Waals surface area contributed by atoms with Crippen LogP contribution in [-0.4, -0.2) is 26.4 Å². The normalized spacial score (nSPS) is 11.3. The molecule has 1 aromatic carbocycles. The number of benzene rings is 1. The van der Waals surface area contributed by atoms with Gasteiger partial charge in [0.25, 0.3) is 0 Å². The monoisotopic (exact) mass is 273 g/mol. The van der Waals surface area contributed by atoms with Gasteiger partial charge in [0.1, 0.15) is 0 Å². The van der Waals surface area contributed by atoms with Crippen LogP contribution >= 0.6 is 0 Å². The molecule has 0 aliphatic carbocycles. The van der Waals surface area contributed by atoms with Crippen molar-refractivity contribution in [2.24, 2.45) is 5.73 Å². The van der Waals surface area contributed by atoms with E-state index in [2.05, 4.69) is 15.6 Å². The van der Waals surface area contributed by atoms with Gasteiger partial charge in [0.2, 0.25) is 5.91 Å². The van der Waals surface area contributed by atoms with Crippen LogP contribution in [0.15, 0.2) is 36.7 Å². The number of carbonyl (C=O) groups is 1. The van der Waals surface area contributed by atoms with Crippen LogP contribution in [0.1, 0.15) is 26.7 Å². The zero-order valence-electron chi connectivity index (χ0n) is 11.7. The fourth-order valence-corrected chi connectivity index (χ4v) is 1.93. The number of carbonyl (C=O) groups excluding carboxylic acids is 1. The minimum absolute atomic E-state index is 0.185. The lowest BCUT2D eigenvalue weighted by atomic mass is 9.93. The van der Waals surface area contributed by atoms with Gasteiger partial charge in [-0.1, -0.05) is 31.2 Å². The highest BCUT2D eigenvalue weighted by Gasteiger charge is 2.30. The molecule has 1 heterocycles. The molecule has 0 fully saturated rings. The number of nitrogens with zero attached hydrogens (tertiary/aromatic N) is 3. The molecule has 2 rings (SSSR count). The van der Waals surface area contributed by atoms with Gasteiger partial charge in [-0.05, 0) is 25.0 Å². The van der Waals surface area contributed by atoms with Crippen LogP contribution in [-0.2, 0) is 4.79 Å². The fourth-order valence-electron chi connectivity index (χ4n) is 1.93. The van der Waals surface area contributed by atoms with Crippen molar-refractivity contribution in [3.8, 4) is 5.69 Å². The molecule has 106 valence electrons. The first-order chi connectivity index (χ1) is 9.60. The lowest BCUT2D eigenvalue weighted by molar-refractivity contribution is -0.121. The number of hydrogen-bond acceptors (Lipinski definition) is 4. The van der Waals surface area contributed by atoms with Gasteiger partial charge in [-0.25, -0.2) is 4.68 Å². The van der Waals surface area contributed by atoms with Gasteiger partial charge >= 0.3 is 0 Å². The van der Waals surface area contributed by atoms with Crippen LogP contribution in [0.3, 0.4) is 0 Å². The molecule has 6 nitrogen and oxygen atoms in total. The Kier molecular flexibility index (Phi) is 4.14. The third kappa shape index (κ3) is 2.70. The predicted octanol–water partition coefficient (Wildman–Crippen LogP) is 1.72. The molecule has 0 bridgehead atoms. The summed E-state index contributed by atoms with van der Waals surface area (Å²) in [7, 11) is 0. The second-order valence-electron chi connectivity index (χ2n) is 4.68. The number of amides is 1. The molecule has 1 amide bonds. The maximum Gasteiger partial charge on any atom is 0.244 e. The maximum absolute atomic E-state index is 12.3. The third-order valence-electron chi connectivity index (χ3n) is 3.54. The third-order valence-corrected chi connectivity index (χ3v) is 3.54. The summed E-state index contributed by atoms with van der Waals surface area (Å²) in [5.41, 5.74) is 6.68. The highest BCUT2D eigenvalue weighted by atomic mass is 16.2. The first kappa shape index (κ1) is 14.2. The molecule has 0 aliphatic heterocycles. The van der Waals surface area contributed by atoms with Crippen molar-refractivity contribution in [3.05, 3.63) is 36.7 Å². The fraction of sp³-hybridized carbons (Fsp3) is 0.357. The van der Waals surface area contributed by atoms with Crippen molar-refractivity contribution in [3.63, 3.8) is 0 Å². The van der Waals surface area contributed by atoms with E-state index in [-0.39, 0.29) is 5.91 Å². The molecular formula is C14H19N5O. The van der Waals surface area contributed by atoms with Gasteiger partial charge in [-0.2, -0.15) is 0 Å². The summed E-state index contributed by atoms with van der Waals surface area (Å²) in [4.78, 5) is 12.3. The largest absolute Gasteiger partial charge is 0.323 e. The number of rotatable bonds is 5. The second-order valence-corrected chi connectivity index (χ2v) is 4.68. The van der Waals surface area contributed by atoms with Gasteiger partial charge in [0.05, 0.1) is 29.3 Å². The second kappa shape index (κ2) is 5.83. The van der Waals surface area contributed by atoms with Crippen molar-refractivity contribution < 1.29 is 4.79 Å². The highest BCUT2D eigenvalue weighted by Crippen LogP contribution is 2.21. The zero-order valence-corrected chi connectivity index (χ0v) is 11.7. The van der Waals surface area contributed by atoms with Gasteiger partial charge in [0, 0.05) is 0 Å². The molecule has 0 spiro atoms. The Morgan fingerprint density at radius 3 is 2.65 bits per heavy atom. The van der Waals surface area contributed by atoms with Gasteiger partial charge in [-0.3, -0.25) is 4.79 Å². The molecule has 20 heavy (non-hydrogen) atoms. The Bertz CT molecular complexity index is 575. The van der Waals surface area contributed by atoms with E-state index in [1.165, 1.54) is 0 Å². The van der Waals surface area contributed by atoms with Crippen LogP contribution in [0.4, 0.5) is 5.69 Å². The van der Waals surface area contributed by atoms with Crippen molar-refractivity contribution in [2.45, 2.75) is 32.2 Å². The molecular weight excluding hydrogens is 254 g/mol. The zero-order chi connectivity index (χ0) is 14.6. The standard InChI is InChI=1S/C14H19N5O/c1-3-14(15,4-2)13(20)17-11-7-5-6-8-12(11)19-10-9-16-18-19/h5-10H,3-4,15H2,1-2H3,(H,17,20). The minimum Gasteiger partial charge on any atom is -0.323 e. The number of aromatic nitrogens is 3. The number of anilines is 1. The topological polar surface area (TPSA) is 85.8 Å². The molecule has 1 aromatic heterocycles. The number of nitrogens with two attached hydrogens (primary N) is 1. The van der Waals surface area contributed by atoms with Gasteiger partial charge in [0.15, 0.2) is 0 Å².